The number of aromatic nitrogens is 2. The highest BCUT2D eigenvalue weighted by molar-refractivity contribution is 6.30. The van der Waals surface area contributed by atoms with Crippen LogP contribution >= 0.6 is 11.6 Å². The first-order valence-electron chi connectivity index (χ1n) is 13.5. The highest BCUT2D eigenvalue weighted by atomic mass is 35.5. The minimum absolute atomic E-state index is 0.0367. The van der Waals surface area contributed by atoms with Gasteiger partial charge in [-0.05, 0) is 81.4 Å². The summed E-state index contributed by atoms with van der Waals surface area (Å²) in [6.45, 7) is 8.40. The van der Waals surface area contributed by atoms with Crippen LogP contribution in [0.4, 0.5) is 0 Å². The van der Waals surface area contributed by atoms with Crippen LogP contribution in [0, 0.1) is 0 Å². The number of amides is 1. The van der Waals surface area contributed by atoms with E-state index in [1.165, 1.54) is 0 Å². The molecule has 8 nitrogen and oxygen atoms in total. The van der Waals surface area contributed by atoms with Crippen LogP contribution < -0.4 is 15.0 Å². The molecule has 0 N–H and O–H groups in total. The molecule has 0 radical (unpaired) electrons. The standard InChI is InChI=1S/C31H33ClN4O4/c1-4-39-25-15-11-24(12-16-25)36-30(33-28-8-6-5-7-27(28)31(36)38)22(3)34-17-18-35(21(2)19-34)29(37)20-40-26-13-9-23(32)10-14-26/h5-16,21-22H,4,17-20H2,1-3H3. The number of carbonyl (C=O) groups is 1. The number of hydrogen-bond donors (Lipinski definition) is 0. The van der Waals surface area contributed by atoms with Crippen LogP contribution in [-0.2, 0) is 4.79 Å². The van der Waals surface area contributed by atoms with Gasteiger partial charge in [-0.1, -0.05) is 23.7 Å². The molecule has 0 saturated carbocycles. The van der Waals surface area contributed by atoms with Crippen LogP contribution in [0.25, 0.3) is 16.6 Å². The van der Waals surface area contributed by atoms with Crippen LogP contribution in [0.1, 0.15) is 32.6 Å². The molecule has 2 atom stereocenters. The van der Waals surface area contributed by atoms with Gasteiger partial charge < -0.3 is 14.4 Å². The zero-order chi connectivity index (χ0) is 28.2. The van der Waals surface area contributed by atoms with Crippen molar-refractivity contribution in [2.75, 3.05) is 32.8 Å². The number of nitrogens with zero attached hydrogens (tertiary/aromatic N) is 4. The van der Waals surface area contributed by atoms with Crippen LogP contribution in [0.3, 0.4) is 0 Å². The van der Waals surface area contributed by atoms with Gasteiger partial charge in [0.15, 0.2) is 6.61 Å². The molecule has 5 rings (SSSR count). The molecular formula is C31H33ClN4O4. The molecule has 0 spiro atoms. The minimum atomic E-state index is -0.172. The number of piperazine rings is 1. The smallest absolute Gasteiger partial charge is 0.266 e. The molecule has 0 aliphatic carbocycles. The molecule has 1 amide bonds. The topological polar surface area (TPSA) is 76.9 Å². The normalized spacial score (nSPS) is 16.6. The maximum atomic E-state index is 13.8. The van der Waals surface area contributed by atoms with Crippen molar-refractivity contribution in [2.24, 2.45) is 0 Å². The lowest BCUT2D eigenvalue weighted by Crippen LogP contribution is -2.55. The summed E-state index contributed by atoms with van der Waals surface area (Å²) < 4.78 is 13.0. The first-order valence-corrected chi connectivity index (χ1v) is 13.9. The number of carbonyl (C=O) groups excluding carboxylic acids is 1. The van der Waals surface area contributed by atoms with Gasteiger partial charge in [0, 0.05) is 30.7 Å². The maximum absolute atomic E-state index is 13.8. The summed E-state index contributed by atoms with van der Waals surface area (Å²) in [6, 6.07) is 21.7. The SMILES string of the molecule is CCOc1ccc(-n2c(C(C)N3CCN(C(=O)COc4ccc(Cl)cc4)C(C)C3)nc3ccccc3c2=O)cc1. The summed E-state index contributed by atoms with van der Waals surface area (Å²) in [6.07, 6.45) is 0. The summed E-state index contributed by atoms with van der Waals surface area (Å²) in [5.74, 6) is 1.94. The van der Waals surface area contributed by atoms with E-state index in [0.29, 0.717) is 53.7 Å². The van der Waals surface area contributed by atoms with Crippen molar-refractivity contribution in [3.05, 3.63) is 94.0 Å². The summed E-state index contributed by atoms with van der Waals surface area (Å²) >= 11 is 5.93. The molecule has 208 valence electrons. The van der Waals surface area contributed by atoms with Crippen molar-refractivity contribution < 1.29 is 14.3 Å². The highest BCUT2D eigenvalue weighted by Gasteiger charge is 2.32. The summed E-state index contributed by atoms with van der Waals surface area (Å²) in [5, 5.41) is 1.18. The molecule has 1 aliphatic rings. The number of hydrogen-bond acceptors (Lipinski definition) is 6. The van der Waals surface area contributed by atoms with Crippen LogP contribution in [-0.4, -0.2) is 64.1 Å². The van der Waals surface area contributed by atoms with E-state index in [2.05, 4.69) is 11.8 Å². The zero-order valence-electron chi connectivity index (χ0n) is 22.9. The van der Waals surface area contributed by atoms with Gasteiger partial charge in [0.25, 0.3) is 11.5 Å². The predicted octanol–water partition coefficient (Wildman–Crippen LogP) is 5.11. The lowest BCUT2D eigenvalue weighted by molar-refractivity contribution is -0.138. The Morgan fingerprint density at radius 1 is 1.00 bits per heavy atom. The van der Waals surface area contributed by atoms with Crippen LogP contribution in [0.15, 0.2) is 77.6 Å². The van der Waals surface area contributed by atoms with Gasteiger partial charge in [-0.3, -0.25) is 19.1 Å². The minimum Gasteiger partial charge on any atom is -0.494 e. The summed E-state index contributed by atoms with van der Waals surface area (Å²) in [4.78, 5) is 35.9. The van der Waals surface area contributed by atoms with Crippen molar-refractivity contribution in [3.63, 3.8) is 0 Å². The fraction of sp³-hybridized carbons (Fsp3) is 0.323. The molecule has 9 heteroatoms. The fourth-order valence-electron chi connectivity index (χ4n) is 5.17. The number of fused-ring (bicyclic) bond motifs is 1. The molecule has 1 saturated heterocycles. The molecule has 3 aromatic carbocycles. The third kappa shape index (κ3) is 5.83. The van der Waals surface area contributed by atoms with E-state index in [1.54, 1.807) is 28.8 Å². The van der Waals surface area contributed by atoms with E-state index in [0.717, 1.165) is 11.4 Å². The highest BCUT2D eigenvalue weighted by Crippen LogP contribution is 2.26. The second-order valence-corrected chi connectivity index (χ2v) is 10.3. The van der Waals surface area contributed by atoms with Crippen molar-refractivity contribution in [1.29, 1.82) is 0 Å². The van der Waals surface area contributed by atoms with Crippen molar-refractivity contribution in [1.82, 2.24) is 19.4 Å². The Labute approximate surface area is 238 Å². The fourth-order valence-corrected chi connectivity index (χ4v) is 5.29. The number of halogens is 1. The first kappa shape index (κ1) is 27.7. The molecule has 4 aromatic rings. The largest absolute Gasteiger partial charge is 0.494 e. The molecule has 1 fully saturated rings. The molecule has 40 heavy (non-hydrogen) atoms. The number of benzene rings is 3. The lowest BCUT2D eigenvalue weighted by Gasteiger charge is -2.42. The first-order chi connectivity index (χ1) is 19.4. The number of ether oxygens (including phenoxy) is 2. The molecule has 0 bridgehead atoms. The average Bonchev–Trinajstić information content (AvgIpc) is 2.97. The Bertz CT molecular complexity index is 1540. The van der Waals surface area contributed by atoms with Crippen molar-refractivity contribution in [2.45, 2.75) is 32.9 Å². The number of para-hydroxylation sites is 1. The van der Waals surface area contributed by atoms with Crippen molar-refractivity contribution >= 4 is 28.4 Å². The van der Waals surface area contributed by atoms with Gasteiger partial charge >= 0.3 is 0 Å². The molecule has 1 aromatic heterocycles. The summed E-state index contributed by atoms with van der Waals surface area (Å²) in [7, 11) is 0. The van der Waals surface area contributed by atoms with Gasteiger partial charge in [0.2, 0.25) is 0 Å². The van der Waals surface area contributed by atoms with E-state index in [9.17, 15) is 9.59 Å². The molecule has 1 aliphatic heterocycles. The van der Waals surface area contributed by atoms with Gasteiger partial charge in [-0.25, -0.2) is 4.98 Å². The number of rotatable bonds is 8. The Morgan fingerprint density at radius 2 is 1.68 bits per heavy atom. The van der Waals surface area contributed by atoms with Crippen LogP contribution in [0.5, 0.6) is 11.5 Å². The molecular weight excluding hydrogens is 528 g/mol. The van der Waals surface area contributed by atoms with Gasteiger partial charge in [-0.15, -0.1) is 0 Å². The van der Waals surface area contributed by atoms with Crippen LogP contribution in [0.2, 0.25) is 5.02 Å². The van der Waals surface area contributed by atoms with Gasteiger partial charge in [-0.2, -0.15) is 0 Å². The third-order valence-electron chi connectivity index (χ3n) is 7.28. The quantitative estimate of drug-likeness (QED) is 0.298. The Morgan fingerprint density at radius 3 is 2.38 bits per heavy atom. The van der Waals surface area contributed by atoms with Gasteiger partial charge in [0.1, 0.15) is 17.3 Å². The van der Waals surface area contributed by atoms with E-state index >= 15 is 0 Å². The average molecular weight is 561 g/mol. The lowest BCUT2D eigenvalue weighted by atomic mass is 10.1. The van der Waals surface area contributed by atoms with E-state index in [-0.39, 0.29) is 30.2 Å². The maximum Gasteiger partial charge on any atom is 0.266 e. The Hall–Kier alpha value is -3.88. The van der Waals surface area contributed by atoms with Gasteiger partial charge in [0.05, 0.1) is 29.2 Å². The predicted molar refractivity (Wildman–Crippen MR) is 157 cm³/mol. The second kappa shape index (κ2) is 12.1. The molecule has 2 heterocycles. The Balaban J connectivity index is 1.37. The third-order valence-corrected chi connectivity index (χ3v) is 7.54. The monoisotopic (exact) mass is 560 g/mol. The van der Waals surface area contributed by atoms with E-state index < -0.39 is 0 Å². The van der Waals surface area contributed by atoms with Crippen molar-refractivity contribution in [3.8, 4) is 17.2 Å². The second-order valence-electron chi connectivity index (χ2n) is 9.90. The zero-order valence-corrected chi connectivity index (χ0v) is 23.7. The molecule has 2 unspecified atom stereocenters. The van der Waals surface area contributed by atoms with E-state index in [1.807, 2.05) is 67.3 Å². The van der Waals surface area contributed by atoms with E-state index in [4.69, 9.17) is 26.1 Å². The Kier molecular flexibility index (Phi) is 8.38. The summed E-state index contributed by atoms with van der Waals surface area (Å²) in [5.41, 5.74) is 1.28.